The highest BCUT2D eigenvalue weighted by Crippen LogP contribution is 2.13. The molecule has 0 aliphatic carbocycles. The average molecular weight is 150 g/mol. The molecule has 2 nitrogen and oxygen atoms in total. The molecule has 1 atom stereocenters. The van der Waals surface area contributed by atoms with Gasteiger partial charge in [0.25, 0.3) is 0 Å². The van der Waals surface area contributed by atoms with E-state index in [0.717, 1.165) is 5.69 Å². The van der Waals surface area contributed by atoms with Crippen LogP contribution in [0.3, 0.4) is 0 Å². The molecule has 0 radical (unpaired) electrons. The lowest BCUT2D eigenvalue weighted by atomic mass is 10.1. The minimum Gasteiger partial charge on any atom is -0.399 e. The van der Waals surface area contributed by atoms with Crippen molar-refractivity contribution in [1.29, 1.82) is 0 Å². The van der Waals surface area contributed by atoms with Gasteiger partial charge in [-0.2, -0.15) is 0 Å². The lowest BCUT2D eigenvalue weighted by Crippen LogP contribution is -2.12. The van der Waals surface area contributed by atoms with Gasteiger partial charge in [0.15, 0.2) is 0 Å². The van der Waals surface area contributed by atoms with Crippen molar-refractivity contribution in [2.75, 3.05) is 12.8 Å². The Morgan fingerprint density at radius 3 is 2.73 bits per heavy atom. The van der Waals surface area contributed by atoms with Gasteiger partial charge in [0.05, 0.1) is 0 Å². The SMILES string of the molecule is CNC(C)c1cccc(N)c1. The zero-order valence-corrected chi connectivity index (χ0v) is 6.96. The molecule has 0 aliphatic rings. The van der Waals surface area contributed by atoms with Crippen molar-refractivity contribution in [1.82, 2.24) is 5.32 Å². The minimum absolute atomic E-state index is 0.374. The Bertz CT molecular complexity index is 233. The second-order valence-electron chi connectivity index (χ2n) is 2.68. The highest BCUT2D eigenvalue weighted by molar-refractivity contribution is 5.41. The Labute approximate surface area is 67.4 Å². The predicted octanol–water partition coefficient (Wildman–Crippen LogP) is 1.55. The minimum atomic E-state index is 0.374. The van der Waals surface area contributed by atoms with Gasteiger partial charge in [-0.15, -0.1) is 0 Å². The van der Waals surface area contributed by atoms with Gasteiger partial charge in [0.2, 0.25) is 0 Å². The molecule has 3 N–H and O–H groups in total. The number of nitrogens with two attached hydrogens (primary N) is 1. The Kier molecular flexibility index (Phi) is 2.49. The van der Waals surface area contributed by atoms with Crippen LogP contribution in [-0.4, -0.2) is 7.05 Å². The molecule has 0 amide bonds. The molecule has 1 unspecified atom stereocenters. The van der Waals surface area contributed by atoms with Crippen LogP contribution in [0, 0.1) is 0 Å². The molecular weight excluding hydrogens is 136 g/mol. The van der Waals surface area contributed by atoms with E-state index in [1.807, 2.05) is 25.2 Å². The van der Waals surface area contributed by atoms with E-state index in [1.54, 1.807) is 0 Å². The van der Waals surface area contributed by atoms with Crippen molar-refractivity contribution in [3.8, 4) is 0 Å². The summed E-state index contributed by atoms with van der Waals surface area (Å²) < 4.78 is 0. The maximum absolute atomic E-state index is 5.62. The maximum atomic E-state index is 5.62. The Morgan fingerprint density at radius 1 is 1.45 bits per heavy atom. The molecule has 0 bridgehead atoms. The van der Waals surface area contributed by atoms with Crippen LogP contribution in [0.4, 0.5) is 5.69 Å². The molecule has 0 spiro atoms. The van der Waals surface area contributed by atoms with Gasteiger partial charge >= 0.3 is 0 Å². The molecule has 0 fully saturated rings. The third-order valence-corrected chi connectivity index (χ3v) is 1.84. The third kappa shape index (κ3) is 1.95. The first-order valence-electron chi connectivity index (χ1n) is 3.76. The van der Waals surface area contributed by atoms with E-state index < -0.39 is 0 Å². The van der Waals surface area contributed by atoms with Crippen LogP contribution in [-0.2, 0) is 0 Å². The molecule has 0 heterocycles. The first kappa shape index (κ1) is 8.08. The van der Waals surface area contributed by atoms with Gasteiger partial charge in [0, 0.05) is 11.7 Å². The number of nitrogen functional groups attached to an aromatic ring is 1. The van der Waals surface area contributed by atoms with Gasteiger partial charge in [-0.3, -0.25) is 0 Å². The van der Waals surface area contributed by atoms with Crippen LogP contribution in [0.2, 0.25) is 0 Å². The summed E-state index contributed by atoms with van der Waals surface area (Å²) in [5, 5.41) is 3.15. The topological polar surface area (TPSA) is 38.0 Å². The van der Waals surface area contributed by atoms with E-state index in [2.05, 4.69) is 18.3 Å². The second kappa shape index (κ2) is 3.39. The first-order valence-corrected chi connectivity index (χ1v) is 3.76. The van der Waals surface area contributed by atoms with Crippen molar-refractivity contribution in [2.24, 2.45) is 0 Å². The Balaban J connectivity index is 2.86. The fourth-order valence-electron chi connectivity index (χ4n) is 0.995. The standard InChI is InChI=1S/C9H14N2/c1-7(11-2)8-4-3-5-9(10)6-8/h3-7,11H,10H2,1-2H3. The van der Waals surface area contributed by atoms with E-state index in [0.29, 0.717) is 6.04 Å². The van der Waals surface area contributed by atoms with Gasteiger partial charge in [-0.1, -0.05) is 12.1 Å². The largest absolute Gasteiger partial charge is 0.399 e. The average Bonchev–Trinajstić information content (AvgIpc) is 2.03. The Hall–Kier alpha value is -1.02. The van der Waals surface area contributed by atoms with E-state index in [4.69, 9.17) is 5.73 Å². The van der Waals surface area contributed by atoms with Crippen LogP contribution in [0.25, 0.3) is 0 Å². The number of hydrogen-bond acceptors (Lipinski definition) is 2. The van der Waals surface area contributed by atoms with Crippen molar-refractivity contribution >= 4 is 5.69 Å². The normalized spacial score (nSPS) is 12.9. The monoisotopic (exact) mass is 150 g/mol. The van der Waals surface area contributed by atoms with E-state index in [9.17, 15) is 0 Å². The molecular formula is C9H14N2. The number of hydrogen-bond donors (Lipinski definition) is 2. The van der Waals surface area contributed by atoms with Gasteiger partial charge in [-0.25, -0.2) is 0 Å². The van der Waals surface area contributed by atoms with Gasteiger partial charge in [-0.05, 0) is 31.7 Å². The van der Waals surface area contributed by atoms with Crippen LogP contribution < -0.4 is 11.1 Å². The highest BCUT2D eigenvalue weighted by Gasteiger charge is 2.00. The van der Waals surface area contributed by atoms with Crippen molar-refractivity contribution < 1.29 is 0 Å². The number of rotatable bonds is 2. The van der Waals surface area contributed by atoms with E-state index in [-0.39, 0.29) is 0 Å². The summed E-state index contributed by atoms with van der Waals surface area (Å²) in [4.78, 5) is 0. The summed E-state index contributed by atoms with van der Waals surface area (Å²) in [7, 11) is 1.94. The highest BCUT2D eigenvalue weighted by atomic mass is 14.8. The number of benzene rings is 1. The Morgan fingerprint density at radius 2 is 2.18 bits per heavy atom. The van der Waals surface area contributed by atoms with Crippen LogP contribution in [0.15, 0.2) is 24.3 Å². The fraction of sp³-hybridized carbons (Fsp3) is 0.333. The lowest BCUT2D eigenvalue weighted by molar-refractivity contribution is 0.652. The van der Waals surface area contributed by atoms with Crippen LogP contribution in [0.5, 0.6) is 0 Å². The lowest BCUT2D eigenvalue weighted by Gasteiger charge is -2.10. The van der Waals surface area contributed by atoms with Crippen molar-refractivity contribution in [2.45, 2.75) is 13.0 Å². The first-order chi connectivity index (χ1) is 5.24. The van der Waals surface area contributed by atoms with Crippen molar-refractivity contribution in [3.05, 3.63) is 29.8 Å². The van der Waals surface area contributed by atoms with Crippen LogP contribution in [0.1, 0.15) is 18.5 Å². The van der Waals surface area contributed by atoms with Gasteiger partial charge < -0.3 is 11.1 Å². The number of nitrogens with one attached hydrogen (secondary N) is 1. The summed E-state index contributed by atoms with van der Waals surface area (Å²) >= 11 is 0. The molecule has 0 saturated heterocycles. The molecule has 0 saturated carbocycles. The number of anilines is 1. The molecule has 0 aromatic heterocycles. The smallest absolute Gasteiger partial charge is 0.0317 e. The molecule has 1 aromatic carbocycles. The summed E-state index contributed by atoms with van der Waals surface area (Å²) in [6.45, 7) is 2.11. The maximum Gasteiger partial charge on any atom is 0.0317 e. The molecule has 60 valence electrons. The second-order valence-corrected chi connectivity index (χ2v) is 2.68. The summed E-state index contributed by atoms with van der Waals surface area (Å²) in [6.07, 6.45) is 0. The predicted molar refractivity (Wildman–Crippen MR) is 48.3 cm³/mol. The molecule has 0 aliphatic heterocycles. The zero-order chi connectivity index (χ0) is 8.27. The van der Waals surface area contributed by atoms with Crippen LogP contribution >= 0.6 is 0 Å². The summed E-state index contributed by atoms with van der Waals surface area (Å²) in [6, 6.07) is 8.29. The third-order valence-electron chi connectivity index (χ3n) is 1.84. The van der Waals surface area contributed by atoms with E-state index in [1.165, 1.54) is 5.56 Å². The summed E-state index contributed by atoms with van der Waals surface area (Å²) in [5.41, 5.74) is 7.68. The fourth-order valence-corrected chi connectivity index (χ4v) is 0.995. The summed E-state index contributed by atoms with van der Waals surface area (Å²) in [5.74, 6) is 0. The van der Waals surface area contributed by atoms with Crippen molar-refractivity contribution in [3.63, 3.8) is 0 Å². The van der Waals surface area contributed by atoms with E-state index >= 15 is 0 Å². The molecule has 1 rings (SSSR count). The molecule has 11 heavy (non-hydrogen) atoms. The molecule has 1 aromatic rings. The molecule has 2 heteroatoms. The van der Waals surface area contributed by atoms with Gasteiger partial charge in [0.1, 0.15) is 0 Å². The zero-order valence-electron chi connectivity index (χ0n) is 6.96. The quantitative estimate of drug-likeness (QED) is 0.628.